The van der Waals surface area contributed by atoms with Crippen LogP contribution < -0.4 is 9.47 Å². The molecule has 1 saturated carbocycles. The average molecular weight is 422 g/mol. The number of hydrogen-bond acceptors (Lipinski definition) is 4. The van der Waals surface area contributed by atoms with Gasteiger partial charge in [0.1, 0.15) is 23.9 Å². The molecule has 0 unspecified atom stereocenters. The average Bonchev–Trinajstić information content (AvgIpc) is 3.44. The third-order valence-corrected chi connectivity index (χ3v) is 7.78. The van der Waals surface area contributed by atoms with Crippen LogP contribution in [0.25, 0.3) is 10.1 Å². The lowest BCUT2D eigenvalue weighted by molar-refractivity contribution is 0.237. The van der Waals surface area contributed by atoms with E-state index in [0.717, 1.165) is 30.4 Å². The Morgan fingerprint density at radius 2 is 1.57 bits per heavy atom. The van der Waals surface area contributed by atoms with E-state index in [1.807, 2.05) is 35.6 Å². The van der Waals surface area contributed by atoms with Crippen molar-refractivity contribution in [2.45, 2.75) is 50.9 Å². The fourth-order valence-corrected chi connectivity index (χ4v) is 6.10. The van der Waals surface area contributed by atoms with E-state index in [2.05, 4.69) is 29.2 Å². The molecule has 2 aromatic carbocycles. The number of likely N-dealkylation sites (tertiary alicyclic amines) is 1. The summed E-state index contributed by atoms with van der Waals surface area (Å²) in [5, 5.41) is 1.24. The van der Waals surface area contributed by atoms with Gasteiger partial charge in [-0.15, -0.1) is 11.3 Å². The van der Waals surface area contributed by atoms with Crippen LogP contribution in [-0.4, -0.2) is 31.1 Å². The van der Waals surface area contributed by atoms with E-state index in [4.69, 9.17) is 9.47 Å². The van der Waals surface area contributed by atoms with Crippen molar-refractivity contribution in [3.8, 4) is 17.2 Å². The molecule has 0 bridgehead atoms. The molecule has 0 amide bonds. The van der Waals surface area contributed by atoms with E-state index in [-0.39, 0.29) is 0 Å². The molecule has 1 aromatic heterocycles. The highest BCUT2D eigenvalue weighted by molar-refractivity contribution is 7.19. The van der Waals surface area contributed by atoms with E-state index < -0.39 is 0 Å². The van der Waals surface area contributed by atoms with Crippen LogP contribution in [0, 0.1) is 0 Å². The fraction of sp³-hybridized carbons (Fsp3) is 0.462. The van der Waals surface area contributed by atoms with Crippen molar-refractivity contribution < 1.29 is 9.47 Å². The van der Waals surface area contributed by atoms with Gasteiger partial charge < -0.3 is 9.47 Å². The first-order chi connectivity index (χ1) is 14.9. The first-order valence-corrected chi connectivity index (χ1v) is 12.3. The number of nitrogens with zero attached hydrogens (tertiary/aromatic N) is 1. The smallest absolute Gasteiger partial charge is 0.149 e. The van der Waals surface area contributed by atoms with Gasteiger partial charge in [0, 0.05) is 16.6 Å². The van der Waals surface area contributed by atoms with Crippen LogP contribution in [-0.2, 0) is 0 Å². The largest absolute Gasteiger partial charge is 0.492 e. The van der Waals surface area contributed by atoms with Gasteiger partial charge in [0.05, 0.1) is 4.88 Å². The van der Waals surface area contributed by atoms with Gasteiger partial charge in [-0.1, -0.05) is 31.4 Å². The minimum Gasteiger partial charge on any atom is -0.492 e. The standard InChI is InChI=1S/C26H31NO2S/c1-2-8-20(9-3-1)26-25(23-10-4-5-11-24(23)30-26)29-22-14-12-21(13-15-22)28-19-18-27-16-6-7-17-27/h4-5,10-15,20H,1-3,6-9,16-19H2. The zero-order valence-electron chi connectivity index (χ0n) is 17.6. The van der Waals surface area contributed by atoms with Gasteiger partial charge in [-0.3, -0.25) is 4.90 Å². The van der Waals surface area contributed by atoms with Gasteiger partial charge >= 0.3 is 0 Å². The Morgan fingerprint density at radius 3 is 2.37 bits per heavy atom. The maximum absolute atomic E-state index is 6.50. The zero-order chi connectivity index (χ0) is 20.2. The quantitative estimate of drug-likeness (QED) is 0.402. The Balaban J connectivity index is 1.29. The van der Waals surface area contributed by atoms with Crippen molar-refractivity contribution in [1.82, 2.24) is 4.90 Å². The minimum absolute atomic E-state index is 0.638. The summed E-state index contributed by atoms with van der Waals surface area (Å²) in [6, 6.07) is 16.8. The lowest BCUT2D eigenvalue weighted by Gasteiger charge is -2.21. The van der Waals surface area contributed by atoms with Gasteiger partial charge in [-0.25, -0.2) is 0 Å². The molecule has 4 heteroatoms. The van der Waals surface area contributed by atoms with Crippen LogP contribution in [0.5, 0.6) is 17.2 Å². The van der Waals surface area contributed by atoms with Crippen LogP contribution >= 0.6 is 11.3 Å². The number of hydrogen-bond donors (Lipinski definition) is 0. The summed E-state index contributed by atoms with van der Waals surface area (Å²) >= 11 is 1.92. The Bertz CT molecular complexity index is 953. The van der Waals surface area contributed by atoms with Crippen LogP contribution in [0.1, 0.15) is 55.7 Å². The first-order valence-electron chi connectivity index (χ1n) is 11.5. The molecule has 3 nitrogen and oxygen atoms in total. The molecule has 1 aliphatic heterocycles. The van der Waals surface area contributed by atoms with E-state index in [1.54, 1.807) is 0 Å². The number of ether oxygens (including phenoxy) is 2. The topological polar surface area (TPSA) is 21.7 Å². The molecule has 0 spiro atoms. The number of rotatable bonds is 7. The first kappa shape index (κ1) is 19.9. The maximum Gasteiger partial charge on any atom is 0.149 e. The molecule has 1 saturated heterocycles. The molecule has 2 aliphatic rings. The monoisotopic (exact) mass is 421 g/mol. The van der Waals surface area contributed by atoms with Crippen molar-refractivity contribution in [2.75, 3.05) is 26.2 Å². The van der Waals surface area contributed by atoms with E-state index in [9.17, 15) is 0 Å². The van der Waals surface area contributed by atoms with Crippen molar-refractivity contribution in [3.63, 3.8) is 0 Å². The molecule has 2 fully saturated rings. The Kier molecular flexibility index (Phi) is 6.24. The van der Waals surface area contributed by atoms with Crippen LogP contribution in [0.4, 0.5) is 0 Å². The van der Waals surface area contributed by atoms with Gasteiger partial charge in [0.15, 0.2) is 0 Å². The summed E-state index contributed by atoms with van der Waals surface area (Å²) in [7, 11) is 0. The summed E-state index contributed by atoms with van der Waals surface area (Å²) in [6.07, 6.45) is 9.26. The third kappa shape index (κ3) is 4.50. The summed E-state index contributed by atoms with van der Waals surface area (Å²) < 4.78 is 13.8. The second-order valence-electron chi connectivity index (χ2n) is 8.60. The Labute approximate surface area is 183 Å². The molecule has 158 valence electrons. The Hall–Kier alpha value is -2.04. The minimum atomic E-state index is 0.638. The molecule has 30 heavy (non-hydrogen) atoms. The van der Waals surface area contributed by atoms with E-state index in [0.29, 0.717) is 5.92 Å². The summed E-state index contributed by atoms with van der Waals surface area (Å²) in [6.45, 7) is 4.20. The van der Waals surface area contributed by atoms with Crippen LogP contribution in [0.3, 0.4) is 0 Å². The van der Waals surface area contributed by atoms with Crippen molar-refractivity contribution in [3.05, 3.63) is 53.4 Å². The lowest BCUT2D eigenvalue weighted by atomic mass is 9.88. The highest BCUT2D eigenvalue weighted by Crippen LogP contribution is 2.48. The lowest BCUT2D eigenvalue weighted by Crippen LogP contribution is -2.25. The predicted octanol–water partition coefficient (Wildman–Crippen LogP) is 7.22. The number of benzene rings is 2. The van der Waals surface area contributed by atoms with Gasteiger partial charge in [0.2, 0.25) is 0 Å². The SMILES string of the molecule is c1ccc2c(Oc3ccc(OCCN4CCCC4)cc3)c(C3CCCCC3)sc2c1. The predicted molar refractivity (Wildman–Crippen MR) is 125 cm³/mol. The summed E-state index contributed by atoms with van der Waals surface area (Å²) in [5.41, 5.74) is 0. The second kappa shape index (κ2) is 9.40. The fourth-order valence-electron chi connectivity index (χ4n) is 4.80. The highest BCUT2D eigenvalue weighted by Gasteiger charge is 2.24. The number of fused-ring (bicyclic) bond motifs is 1. The molecule has 3 aromatic rings. The molecule has 0 atom stereocenters. The second-order valence-corrected chi connectivity index (χ2v) is 9.68. The van der Waals surface area contributed by atoms with Crippen molar-refractivity contribution >= 4 is 21.4 Å². The normalized spacial score (nSPS) is 18.1. The molecule has 0 N–H and O–H groups in total. The number of thiophene rings is 1. The van der Waals surface area contributed by atoms with Gasteiger partial charge in [-0.2, -0.15) is 0 Å². The molecular formula is C26H31NO2S. The van der Waals surface area contributed by atoms with E-state index >= 15 is 0 Å². The van der Waals surface area contributed by atoms with Crippen molar-refractivity contribution in [2.24, 2.45) is 0 Å². The highest BCUT2D eigenvalue weighted by atomic mass is 32.1. The molecule has 2 heterocycles. The zero-order valence-corrected chi connectivity index (χ0v) is 18.5. The van der Waals surface area contributed by atoms with E-state index in [1.165, 1.54) is 73.0 Å². The summed E-state index contributed by atoms with van der Waals surface area (Å²) in [4.78, 5) is 3.91. The molecule has 5 rings (SSSR count). The summed E-state index contributed by atoms with van der Waals surface area (Å²) in [5.74, 6) is 3.52. The molecule has 1 aliphatic carbocycles. The van der Waals surface area contributed by atoms with Crippen molar-refractivity contribution in [1.29, 1.82) is 0 Å². The van der Waals surface area contributed by atoms with Crippen LogP contribution in [0.2, 0.25) is 0 Å². The maximum atomic E-state index is 6.50. The van der Waals surface area contributed by atoms with Gasteiger partial charge in [-0.05, 0) is 81.1 Å². The Morgan fingerprint density at radius 1 is 0.833 bits per heavy atom. The van der Waals surface area contributed by atoms with Gasteiger partial charge in [0.25, 0.3) is 0 Å². The molecule has 0 radical (unpaired) electrons. The van der Waals surface area contributed by atoms with Crippen LogP contribution in [0.15, 0.2) is 48.5 Å². The molecular weight excluding hydrogens is 390 g/mol. The third-order valence-electron chi connectivity index (χ3n) is 6.47.